The molecule has 0 heterocycles. The lowest BCUT2D eigenvalue weighted by Gasteiger charge is -2.28. The molecule has 0 aliphatic rings. The number of rotatable bonds is 7. The molecule has 0 radical (unpaired) electrons. The zero-order valence-electron chi connectivity index (χ0n) is 10.2. The molecule has 0 saturated heterocycles. The SMILES string of the molecule is CCC(CC)(C(=O)NCCNC(N)=O)C(N)=S. The smallest absolute Gasteiger partial charge is 0.312 e. The lowest BCUT2D eigenvalue weighted by molar-refractivity contribution is -0.127. The zero-order chi connectivity index (χ0) is 13.5. The number of hydrogen-bond acceptors (Lipinski definition) is 3. The van der Waals surface area contributed by atoms with Crippen molar-refractivity contribution in [1.29, 1.82) is 0 Å². The van der Waals surface area contributed by atoms with Crippen LogP contribution < -0.4 is 22.1 Å². The van der Waals surface area contributed by atoms with E-state index in [-0.39, 0.29) is 17.4 Å². The Balaban J connectivity index is 4.35. The van der Waals surface area contributed by atoms with Gasteiger partial charge in [-0.15, -0.1) is 0 Å². The second-order valence-corrected chi connectivity index (χ2v) is 4.14. The van der Waals surface area contributed by atoms with Crippen molar-refractivity contribution in [3.8, 4) is 0 Å². The van der Waals surface area contributed by atoms with Crippen LogP contribution in [0.2, 0.25) is 0 Å². The number of primary amides is 1. The van der Waals surface area contributed by atoms with E-state index in [1.807, 2.05) is 13.8 Å². The molecule has 0 aliphatic carbocycles. The molecule has 0 fully saturated rings. The Bertz CT molecular complexity index is 303. The average Bonchev–Trinajstić information content (AvgIpc) is 2.26. The van der Waals surface area contributed by atoms with Crippen LogP contribution in [0.4, 0.5) is 4.79 Å². The molecule has 6 nitrogen and oxygen atoms in total. The van der Waals surface area contributed by atoms with Crippen LogP contribution in [0.5, 0.6) is 0 Å². The van der Waals surface area contributed by atoms with E-state index >= 15 is 0 Å². The number of thiocarbonyl (C=S) groups is 1. The summed E-state index contributed by atoms with van der Waals surface area (Å²) >= 11 is 4.95. The summed E-state index contributed by atoms with van der Waals surface area (Å²) < 4.78 is 0. The van der Waals surface area contributed by atoms with Gasteiger partial charge in [-0.1, -0.05) is 26.1 Å². The van der Waals surface area contributed by atoms with E-state index in [4.69, 9.17) is 23.7 Å². The average molecular weight is 260 g/mol. The van der Waals surface area contributed by atoms with Crippen molar-refractivity contribution < 1.29 is 9.59 Å². The van der Waals surface area contributed by atoms with Gasteiger partial charge in [0.15, 0.2) is 0 Å². The molecule has 6 N–H and O–H groups in total. The van der Waals surface area contributed by atoms with Crippen molar-refractivity contribution in [3.63, 3.8) is 0 Å². The Morgan fingerprint density at radius 3 is 1.94 bits per heavy atom. The molecule has 0 aromatic rings. The van der Waals surface area contributed by atoms with Crippen LogP contribution in [0.25, 0.3) is 0 Å². The summed E-state index contributed by atoms with van der Waals surface area (Å²) in [5, 5.41) is 5.06. The lowest BCUT2D eigenvalue weighted by Crippen LogP contribution is -2.49. The first-order chi connectivity index (χ1) is 7.90. The van der Waals surface area contributed by atoms with Gasteiger partial charge in [0.05, 0.1) is 10.4 Å². The number of hydrogen-bond donors (Lipinski definition) is 4. The molecular weight excluding hydrogens is 240 g/mol. The Morgan fingerprint density at radius 1 is 1.12 bits per heavy atom. The second-order valence-electron chi connectivity index (χ2n) is 3.70. The second kappa shape index (κ2) is 7.05. The van der Waals surface area contributed by atoms with Gasteiger partial charge in [-0.05, 0) is 12.8 Å². The molecule has 7 heteroatoms. The molecule has 98 valence electrons. The number of nitrogens with one attached hydrogen (secondary N) is 2. The summed E-state index contributed by atoms with van der Waals surface area (Å²) in [4.78, 5) is 22.6. The van der Waals surface area contributed by atoms with Gasteiger partial charge in [0.1, 0.15) is 0 Å². The van der Waals surface area contributed by atoms with Gasteiger partial charge in [0, 0.05) is 13.1 Å². The molecule has 0 unspecified atom stereocenters. The van der Waals surface area contributed by atoms with Crippen LogP contribution in [-0.2, 0) is 4.79 Å². The molecule has 17 heavy (non-hydrogen) atoms. The number of urea groups is 1. The molecule has 3 amide bonds. The van der Waals surface area contributed by atoms with Crippen molar-refractivity contribution in [1.82, 2.24) is 10.6 Å². The number of amides is 3. The summed E-state index contributed by atoms with van der Waals surface area (Å²) in [5.74, 6) is -0.207. The highest BCUT2D eigenvalue weighted by Gasteiger charge is 2.37. The van der Waals surface area contributed by atoms with Crippen molar-refractivity contribution >= 4 is 29.1 Å². The van der Waals surface area contributed by atoms with Gasteiger partial charge in [-0.2, -0.15) is 0 Å². The van der Waals surface area contributed by atoms with Gasteiger partial charge in [-0.3, -0.25) is 4.79 Å². The van der Waals surface area contributed by atoms with Crippen LogP contribution in [0.1, 0.15) is 26.7 Å². The number of nitrogens with two attached hydrogens (primary N) is 2. The molecule has 0 rings (SSSR count). The molecule has 0 aromatic heterocycles. The third-order valence-electron chi connectivity index (χ3n) is 2.82. The molecule has 0 aliphatic heterocycles. The predicted molar refractivity (Wildman–Crippen MR) is 70.4 cm³/mol. The summed E-state index contributed by atoms with van der Waals surface area (Å²) in [7, 11) is 0. The van der Waals surface area contributed by atoms with E-state index < -0.39 is 11.4 Å². The largest absolute Gasteiger partial charge is 0.392 e. The first-order valence-electron chi connectivity index (χ1n) is 5.52. The minimum atomic E-state index is -0.804. The number of carbonyl (C=O) groups is 2. The molecule has 0 atom stereocenters. The van der Waals surface area contributed by atoms with E-state index in [9.17, 15) is 9.59 Å². The number of carbonyl (C=O) groups excluding carboxylic acids is 2. The van der Waals surface area contributed by atoms with Crippen LogP contribution in [0, 0.1) is 5.41 Å². The van der Waals surface area contributed by atoms with Gasteiger partial charge < -0.3 is 22.1 Å². The quantitative estimate of drug-likeness (QED) is 0.377. The molecule has 0 saturated carbocycles. The zero-order valence-corrected chi connectivity index (χ0v) is 11.0. The fourth-order valence-corrected chi connectivity index (χ4v) is 1.94. The van der Waals surface area contributed by atoms with E-state index in [1.165, 1.54) is 0 Å². The summed E-state index contributed by atoms with van der Waals surface area (Å²) in [6.45, 7) is 4.31. The Hall–Kier alpha value is -1.37. The third kappa shape index (κ3) is 4.18. The minimum Gasteiger partial charge on any atom is -0.392 e. The van der Waals surface area contributed by atoms with Crippen molar-refractivity contribution in [3.05, 3.63) is 0 Å². The van der Waals surface area contributed by atoms with Gasteiger partial charge >= 0.3 is 6.03 Å². The van der Waals surface area contributed by atoms with E-state index in [2.05, 4.69) is 10.6 Å². The highest BCUT2D eigenvalue weighted by Crippen LogP contribution is 2.26. The minimum absolute atomic E-state index is 0.197. The highest BCUT2D eigenvalue weighted by atomic mass is 32.1. The maximum atomic E-state index is 12.0. The highest BCUT2D eigenvalue weighted by molar-refractivity contribution is 7.80. The van der Waals surface area contributed by atoms with Crippen LogP contribution in [0.15, 0.2) is 0 Å². The molecule has 0 bridgehead atoms. The van der Waals surface area contributed by atoms with E-state index in [0.29, 0.717) is 19.4 Å². The van der Waals surface area contributed by atoms with Gasteiger partial charge in [0.25, 0.3) is 0 Å². The standard InChI is InChI=1S/C10H20N4O2S/c1-3-10(4-2,7(11)17)8(15)13-5-6-14-9(12)16/h3-6H2,1-2H3,(H2,11,17)(H,13,15)(H3,12,14,16). The molecule has 0 spiro atoms. The van der Waals surface area contributed by atoms with E-state index in [1.54, 1.807) is 0 Å². The molecule has 0 aromatic carbocycles. The maximum absolute atomic E-state index is 12.0. The predicted octanol–water partition coefficient (Wildman–Crippen LogP) is -0.137. The molecular formula is C10H20N4O2S. The Labute approximate surface area is 106 Å². The summed E-state index contributed by atoms with van der Waals surface area (Å²) in [6, 6.07) is -0.620. The normalized spacial score (nSPS) is 10.7. The fourth-order valence-electron chi connectivity index (χ4n) is 1.56. The first kappa shape index (κ1) is 15.6. The van der Waals surface area contributed by atoms with Crippen LogP contribution in [-0.4, -0.2) is 30.0 Å². The first-order valence-corrected chi connectivity index (χ1v) is 5.93. The Kier molecular flexibility index (Phi) is 6.48. The van der Waals surface area contributed by atoms with E-state index in [0.717, 1.165) is 0 Å². The van der Waals surface area contributed by atoms with Gasteiger partial charge in [0.2, 0.25) is 5.91 Å². The summed E-state index contributed by atoms with van der Waals surface area (Å²) in [6.07, 6.45) is 1.10. The third-order valence-corrected chi connectivity index (χ3v) is 3.21. The lowest BCUT2D eigenvalue weighted by atomic mass is 9.81. The van der Waals surface area contributed by atoms with Crippen LogP contribution >= 0.6 is 12.2 Å². The maximum Gasteiger partial charge on any atom is 0.312 e. The Morgan fingerprint density at radius 2 is 1.59 bits per heavy atom. The van der Waals surface area contributed by atoms with Crippen molar-refractivity contribution in [2.75, 3.05) is 13.1 Å². The van der Waals surface area contributed by atoms with Crippen LogP contribution in [0.3, 0.4) is 0 Å². The van der Waals surface area contributed by atoms with Crippen molar-refractivity contribution in [2.24, 2.45) is 16.9 Å². The van der Waals surface area contributed by atoms with Crippen molar-refractivity contribution in [2.45, 2.75) is 26.7 Å². The fraction of sp³-hybridized carbons (Fsp3) is 0.700. The topological polar surface area (TPSA) is 110 Å². The summed E-state index contributed by atoms with van der Waals surface area (Å²) in [5.41, 5.74) is 9.72. The van der Waals surface area contributed by atoms with Gasteiger partial charge in [-0.25, -0.2) is 4.79 Å². The monoisotopic (exact) mass is 260 g/mol.